The van der Waals surface area contributed by atoms with Gasteiger partial charge in [-0.1, -0.05) is 0 Å². The van der Waals surface area contributed by atoms with Crippen LogP contribution in [0.25, 0.3) is 0 Å². The van der Waals surface area contributed by atoms with Crippen molar-refractivity contribution in [2.45, 2.75) is 57.6 Å². The van der Waals surface area contributed by atoms with E-state index in [4.69, 9.17) is 23.7 Å². The predicted octanol–water partition coefficient (Wildman–Crippen LogP) is -0.551. The quantitative estimate of drug-likeness (QED) is 0.306. The lowest BCUT2D eigenvalue weighted by Gasteiger charge is -2.45. The summed E-state index contributed by atoms with van der Waals surface area (Å²) < 4.78 is 66.0. The third-order valence-electron chi connectivity index (χ3n) is 5.54. The average Bonchev–Trinajstić information content (AvgIpc) is 2.76. The normalized spacial score (nSPS) is 27.7. The fraction of sp³-hybridized carbons (Fsp3) is 0.810. The second-order valence-corrected chi connectivity index (χ2v) is 8.51. The monoisotopic (exact) mass is 527 g/mol. The number of nitrogens with one attached hydrogen (secondary N) is 1. The fourth-order valence-corrected chi connectivity index (χ4v) is 3.80. The molecule has 2 aliphatic rings. The van der Waals surface area contributed by atoms with Crippen LogP contribution in [0.2, 0.25) is 0 Å². The topological polar surface area (TPSA) is 133 Å². The van der Waals surface area contributed by atoms with E-state index < -0.39 is 67.2 Å². The number of carbonyl (C=O) groups is 4. The van der Waals surface area contributed by atoms with Crippen LogP contribution in [0.1, 0.15) is 20.8 Å². The van der Waals surface area contributed by atoms with Crippen LogP contribution in [0.3, 0.4) is 0 Å². The van der Waals surface area contributed by atoms with Gasteiger partial charge in [-0.25, -0.2) is 0 Å². The van der Waals surface area contributed by atoms with E-state index in [0.29, 0.717) is 6.54 Å². The molecule has 2 saturated heterocycles. The first-order chi connectivity index (χ1) is 16.8. The summed E-state index contributed by atoms with van der Waals surface area (Å²) in [6.07, 6.45) is -11.2. The second kappa shape index (κ2) is 13.2. The van der Waals surface area contributed by atoms with Gasteiger partial charge in [0, 0.05) is 53.5 Å². The molecule has 12 nitrogen and oxygen atoms in total. The zero-order valence-corrected chi connectivity index (χ0v) is 20.5. The minimum Gasteiger partial charge on any atom is -0.463 e. The van der Waals surface area contributed by atoms with Gasteiger partial charge in [-0.15, -0.1) is 0 Å². The van der Waals surface area contributed by atoms with E-state index in [1.807, 2.05) is 7.05 Å². The Bertz CT molecular complexity index is 790. The highest BCUT2D eigenvalue weighted by Crippen LogP contribution is 2.29. The van der Waals surface area contributed by atoms with Crippen LogP contribution >= 0.6 is 0 Å². The Kier molecular flexibility index (Phi) is 10.9. The minimum absolute atomic E-state index is 0.00191. The molecule has 0 saturated carbocycles. The molecule has 0 aromatic heterocycles. The Labute approximate surface area is 206 Å². The zero-order valence-electron chi connectivity index (χ0n) is 20.5. The van der Waals surface area contributed by atoms with Crippen molar-refractivity contribution >= 4 is 23.8 Å². The van der Waals surface area contributed by atoms with E-state index in [9.17, 15) is 32.3 Å². The third kappa shape index (κ3) is 9.19. The summed E-state index contributed by atoms with van der Waals surface area (Å²) in [5, 5.41) is 1.74. The van der Waals surface area contributed by atoms with Gasteiger partial charge >= 0.3 is 30.0 Å². The van der Waals surface area contributed by atoms with Crippen LogP contribution in [-0.4, -0.2) is 123 Å². The molecule has 0 bridgehead atoms. The molecule has 1 amide bonds. The number of hydrogen-bond acceptors (Lipinski definition) is 11. The van der Waals surface area contributed by atoms with Gasteiger partial charge in [-0.3, -0.25) is 24.1 Å². The lowest BCUT2D eigenvalue weighted by atomic mass is 9.96. The smallest absolute Gasteiger partial charge is 0.463 e. The number of nitrogens with zero attached hydrogens (tertiary/aromatic N) is 2. The van der Waals surface area contributed by atoms with Crippen molar-refractivity contribution in [1.82, 2.24) is 15.1 Å². The first-order valence-electron chi connectivity index (χ1n) is 11.3. The lowest BCUT2D eigenvalue weighted by Crippen LogP contribution is -2.67. The molecule has 36 heavy (non-hydrogen) atoms. The van der Waals surface area contributed by atoms with Crippen molar-refractivity contribution in [2.24, 2.45) is 0 Å². The fourth-order valence-electron chi connectivity index (χ4n) is 3.80. The maximum absolute atomic E-state index is 13.1. The summed E-state index contributed by atoms with van der Waals surface area (Å²) >= 11 is 0. The highest BCUT2D eigenvalue weighted by Gasteiger charge is 2.53. The summed E-state index contributed by atoms with van der Waals surface area (Å²) in [5.74, 6) is -4.83. The first-order valence-corrected chi connectivity index (χ1v) is 11.3. The Morgan fingerprint density at radius 2 is 1.53 bits per heavy atom. The number of carbonyl (C=O) groups excluding carboxylic acids is 4. The van der Waals surface area contributed by atoms with Crippen LogP contribution in [0, 0.1) is 0 Å². The molecule has 5 atom stereocenters. The molecular formula is C21H32F3N3O9. The molecule has 2 heterocycles. The molecule has 2 rings (SSSR count). The van der Waals surface area contributed by atoms with Gasteiger partial charge in [0.15, 0.2) is 18.5 Å². The van der Waals surface area contributed by atoms with Crippen molar-refractivity contribution in [2.75, 3.05) is 53.0 Å². The molecule has 0 aromatic carbocycles. The van der Waals surface area contributed by atoms with E-state index in [2.05, 4.69) is 9.80 Å². The van der Waals surface area contributed by atoms with E-state index in [0.717, 1.165) is 47.0 Å². The van der Waals surface area contributed by atoms with Crippen molar-refractivity contribution in [3.05, 3.63) is 0 Å². The second-order valence-electron chi connectivity index (χ2n) is 8.51. The molecule has 1 N–H and O–H groups in total. The van der Waals surface area contributed by atoms with E-state index in [1.165, 1.54) is 0 Å². The van der Waals surface area contributed by atoms with Gasteiger partial charge in [-0.2, -0.15) is 13.2 Å². The Balaban J connectivity index is 2.30. The molecule has 15 heteroatoms. The summed E-state index contributed by atoms with van der Waals surface area (Å²) in [7, 11) is 1.98. The number of halogens is 3. The molecule has 0 aliphatic carbocycles. The Morgan fingerprint density at radius 3 is 2.06 bits per heavy atom. The third-order valence-corrected chi connectivity index (χ3v) is 5.54. The highest BCUT2D eigenvalue weighted by molar-refractivity contribution is 5.82. The van der Waals surface area contributed by atoms with Gasteiger partial charge < -0.3 is 33.9 Å². The van der Waals surface area contributed by atoms with Crippen LogP contribution in [-0.2, 0) is 42.9 Å². The van der Waals surface area contributed by atoms with Crippen molar-refractivity contribution in [3.63, 3.8) is 0 Å². The maximum Gasteiger partial charge on any atom is 0.471 e. The standard InChI is InChI=1S/C21H32F3N3O9/c1-12(28)33-11-15-17(34-13(2)29)18(35-14(3)30)16(25-20(31)21(22,23)24)19(36-15)32-10-9-27-7-5-26(4)6-8-27/h15-19H,5-11H2,1-4H3,(H,25,31)/t15-,16-,17-,18-,19-/m1/s1. The minimum atomic E-state index is -5.27. The van der Waals surface area contributed by atoms with E-state index in [-0.39, 0.29) is 6.61 Å². The molecule has 0 aromatic rings. The maximum atomic E-state index is 13.1. The van der Waals surface area contributed by atoms with Crippen molar-refractivity contribution < 1.29 is 56.0 Å². The molecule has 0 unspecified atom stereocenters. The number of esters is 3. The number of hydrogen-bond donors (Lipinski definition) is 1. The zero-order chi connectivity index (χ0) is 27.0. The van der Waals surface area contributed by atoms with Crippen LogP contribution in [0.15, 0.2) is 0 Å². The number of alkyl halides is 3. The van der Waals surface area contributed by atoms with Crippen LogP contribution < -0.4 is 5.32 Å². The lowest BCUT2D eigenvalue weighted by molar-refractivity contribution is -0.279. The Morgan fingerprint density at radius 1 is 0.944 bits per heavy atom. The summed E-state index contributed by atoms with van der Waals surface area (Å²) in [5.41, 5.74) is 0. The summed E-state index contributed by atoms with van der Waals surface area (Å²) in [6.45, 7) is 6.21. The summed E-state index contributed by atoms with van der Waals surface area (Å²) in [6, 6.07) is -1.70. The predicted molar refractivity (Wildman–Crippen MR) is 114 cm³/mol. The number of likely N-dealkylation sites (N-methyl/N-ethyl adjacent to an activating group) is 1. The Hall–Kier alpha value is -2.49. The number of piperazine rings is 1. The van der Waals surface area contributed by atoms with Gasteiger partial charge in [0.25, 0.3) is 0 Å². The van der Waals surface area contributed by atoms with E-state index >= 15 is 0 Å². The first kappa shape index (κ1) is 29.7. The molecule has 2 aliphatic heterocycles. The van der Waals surface area contributed by atoms with Gasteiger partial charge in [0.05, 0.1) is 6.61 Å². The molecular weight excluding hydrogens is 495 g/mol. The highest BCUT2D eigenvalue weighted by atomic mass is 19.4. The van der Waals surface area contributed by atoms with Crippen LogP contribution in [0.4, 0.5) is 13.2 Å². The number of ether oxygens (including phenoxy) is 5. The van der Waals surface area contributed by atoms with E-state index in [1.54, 1.807) is 5.32 Å². The SMILES string of the molecule is CC(=O)OC[C@H]1O[C@@H](OCCN2CCN(C)CC2)[C@H](NC(=O)C(F)(F)F)[C@@H](OC(C)=O)[C@@H]1OC(C)=O. The molecule has 2 fully saturated rings. The largest absolute Gasteiger partial charge is 0.471 e. The summed E-state index contributed by atoms with van der Waals surface area (Å²) in [4.78, 5) is 50.9. The van der Waals surface area contributed by atoms with Gasteiger partial charge in [-0.05, 0) is 7.05 Å². The average molecular weight is 527 g/mol. The van der Waals surface area contributed by atoms with Crippen molar-refractivity contribution in [3.8, 4) is 0 Å². The molecule has 0 radical (unpaired) electrons. The molecule has 206 valence electrons. The van der Waals surface area contributed by atoms with Gasteiger partial charge in [0.2, 0.25) is 0 Å². The number of rotatable bonds is 9. The molecule has 0 spiro atoms. The van der Waals surface area contributed by atoms with Crippen LogP contribution in [0.5, 0.6) is 0 Å². The van der Waals surface area contributed by atoms with Gasteiger partial charge in [0.1, 0.15) is 18.8 Å². The number of amides is 1. The van der Waals surface area contributed by atoms with Crippen molar-refractivity contribution in [1.29, 1.82) is 0 Å².